The van der Waals surface area contributed by atoms with Gasteiger partial charge in [0.1, 0.15) is 6.04 Å². The predicted molar refractivity (Wildman–Crippen MR) is 59.2 cm³/mol. The van der Waals surface area contributed by atoms with Crippen LogP contribution in [0.15, 0.2) is 0 Å². The second-order valence-corrected chi connectivity index (χ2v) is 6.15. The number of carboxylic acids is 1. The van der Waals surface area contributed by atoms with Crippen LogP contribution in [0.3, 0.4) is 0 Å². The van der Waals surface area contributed by atoms with Crippen LogP contribution in [-0.2, 0) is 19.4 Å². The van der Waals surface area contributed by atoms with E-state index in [2.05, 4.69) is 0 Å². The Morgan fingerprint density at radius 1 is 1.32 bits per heavy atom. The second-order valence-electron chi connectivity index (χ2n) is 3.92. The first-order valence-electron chi connectivity index (χ1n) is 5.20. The van der Waals surface area contributed by atoms with Gasteiger partial charge in [0.25, 0.3) is 0 Å². The molecule has 0 bridgehead atoms. The van der Waals surface area contributed by atoms with E-state index in [1.165, 1.54) is 0 Å². The van der Waals surface area contributed by atoms with E-state index in [4.69, 9.17) is 5.11 Å². The van der Waals surface area contributed by atoms with Gasteiger partial charge in [-0.1, -0.05) is 0 Å². The van der Waals surface area contributed by atoms with Crippen molar-refractivity contribution in [2.75, 3.05) is 11.5 Å². The van der Waals surface area contributed by atoms with Gasteiger partial charge in [-0.15, -0.1) is 0 Å². The lowest BCUT2D eigenvalue weighted by Crippen LogP contribution is -2.44. The molecule has 0 aromatic carbocycles. The SMILES string of the molecule is CC(=O)NC(CS(=O)(=O)CCCC(F)(F)F)C(=O)O. The quantitative estimate of drug-likeness (QED) is 0.706. The maximum Gasteiger partial charge on any atom is 0.389 e. The first-order valence-corrected chi connectivity index (χ1v) is 7.02. The third-order valence-electron chi connectivity index (χ3n) is 2.01. The van der Waals surface area contributed by atoms with Crippen molar-refractivity contribution >= 4 is 21.7 Å². The van der Waals surface area contributed by atoms with Crippen molar-refractivity contribution in [1.29, 1.82) is 0 Å². The van der Waals surface area contributed by atoms with Crippen LogP contribution >= 0.6 is 0 Å². The first kappa shape index (κ1) is 17.7. The molecule has 6 nitrogen and oxygen atoms in total. The molecular formula is C9H14F3NO5S. The third kappa shape index (κ3) is 9.28. The van der Waals surface area contributed by atoms with Crippen LogP contribution in [0.1, 0.15) is 19.8 Å². The van der Waals surface area contributed by atoms with Gasteiger partial charge in [-0.05, 0) is 6.42 Å². The summed E-state index contributed by atoms with van der Waals surface area (Å²) in [5, 5.41) is 10.6. The Balaban J connectivity index is 4.48. The normalized spacial score (nSPS) is 13.9. The summed E-state index contributed by atoms with van der Waals surface area (Å²) in [5.41, 5.74) is 0. The number of halogens is 3. The molecule has 0 fully saturated rings. The highest BCUT2D eigenvalue weighted by Crippen LogP contribution is 2.21. The summed E-state index contributed by atoms with van der Waals surface area (Å²) in [7, 11) is -3.99. The molecule has 0 aromatic rings. The van der Waals surface area contributed by atoms with Gasteiger partial charge in [0, 0.05) is 13.3 Å². The molecule has 0 aromatic heterocycles. The molecule has 0 heterocycles. The van der Waals surface area contributed by atoms with E-state index in [1.807, 2.05) is 5.32 Å². The van der Waals surface area contributed by atoms with Crippen molar-refractivity contribution in [3.63, 3.8) is 0 Å². The van der Waals surface area contributed by atoms with Crippen LogP contribution in [0.5, 0.6) is 0 Å². The van der Waals surface area contributed by atoms with E-state index in [0.717, 1.165) is 6.92 Å². The Bertz CT molecular complexity index is 432. The maximum absolute atomic E-state index is 11.8. The van der Waals surface area contributed by atoms with Gasteiger partial charge in [-0.3, -0.25) is 4.79 Å². The molecular weight excluding hydrogens is 291 g/mol. The molecule has 0 aliphatic carbocycles. The van der Waals surface area contributed by atoms with Gasteiger partial charge < -0.3 is 10.4 Å². The number of rotatable bonds is 7. The number of hydrogen-bond acceptors (Lipinski definition) is 4. The zero-order valence-electron chi connectivity index (χ0n) is 10.0. The van der Waals surface area contributed by atoms with Crippen molar-refractivity contribution in [1.82, 2.24) is 5.32 Å². The number of alkyl halides is 3. The summed E-state index contributed by atoms with van der Waals surface area (Å²) >= 11 is 0. The average molecular weight is 305 g/mol. The molecule has 0 saturated carbocycles. The lowest BCUT2D eigenvalue weighted by Gasteiger charge is -2.13. The van der Waals surface area contributed by atoms with Crippen LogP contribution in [0.25, 0.3) is 0 Å². The fraction of sp³-hybridized carbons (Fsp3) is 0.778. The van der Waals surface area contributed by atoms with Crippen LogP contribution in [0.4, 0.5) is 13.2 Å². The third-order valence-corrected chi connectivity index (χ3v) is 3.76. The zero-order valence-corrected chi connectivity index (χ0v) is 10.8. The minimum absolute atomic E-state index is 0.641. The zero-order chi connectivity index (χ0) is 15.3. The Labute approximate surface area is 107 Å². The van der Waals surface area contributed by atoms with Gasteiger partial charge in [-0.2, -0.15) is 13.2 Å². The molecule has 1 unspecified atom stereocenters. The molecule has 19 heavy (non-hydrogen) atoms. The summed E-state index contributed by atoms with van der Waals surface area (Å²) in [6, 6.07) is -1.66. The Hall–Kier alpha value is -1.32. The standard InChI is InChI=1S/C9H14F3NO5S/c1-6(14)13-7(8(15)16)5-19(17,18)4-2-3-9(10,11)12/h7H,2-5H2,1H3,(H,13,14)(H,15,16). The molecule has 0 rings (SSSR count). The molecule has 0 radical (unpaired) electrons. The summed E-state index contributed by atoms with van der Waals surface area (Å²) in [6.07, 6.45) is -6.36. The maximum atomic E-state index is 11.8. The predicted octanol–water partition coefficient (Wildman–Crippen LogP) is 0.333. The van der Waals surface area contributed by atoms with E-state index >= 15 is 0 Å². The summed E-state index contributed by atoms with van der Waals surface area (Å²) in [4.78, 5) is 21.4. The Morgan fingerprint density at radius 2 is 1.84 bits per heavy atom. The molecule has 0 spiro atoms. The Morgan fingerprint density at radius 3 is 2.21 bits per heavy atom. The number of hydrogen-bond donors (Lipinski definition) is 2. The van der Waals surface area contributed by atoms with E-state index in [9.17, 15) is 31.2 Å². The summed E-state index contributed by atoms with van der Waals surface area (Å²) in [5.74, 6) is -4.01. The van der Waals surface area contributed by atoms with Crippen molar-refractivity contribution in [3.8, 4) is 0 Å². The highest BCUT2D eigenvalue weighted by atomic mass is 32.2. The van der Waals surface area contributed by atoms with E-state index in [1.54, 1.807) is 0 Å². The number of sulfone groups is 1. The number of carbonyl (C=O) groups excluding carboxylic acids is 1. The van der Waals surface area contributed by atoms with Crippen molar-refractivity contribution in [2.24, 2.45) is 0 Å². The number of carboxylic acid groups (broad SMARTS) is 1. The van der Waals surface area contributed by atoms with Crippen LogP contribution in [0, 0.1) is 0 Å². The Kier molecular flexibility index (Phi) is 6.27. The van der Waals surface area contributed by atoms with Gasteiger partial charge in [0.05, 0.1) is 11.5 Å². The highest BCUT2D eigenvalue weighted by Gasteiger charge is 2.29. The molecule has 1 atom stereocenters. The fourth-order valence-corrected chi connectivity index (χ4v) is 2.73. The molecule has 112 valence electrons. The number of carbonyl (C=O) groups is 2. The van der Waals surface area contributed by atoms with Crippen LogP contribution in [-0.4, -0.2) is 49.1 Å². The van der Waals surface area contributed by atoms with Gasteiger partial charge >= 0.3 is 12.1 Å². The largest absolute Gasteiger partial charge is 0.480 e. The average Bonchev–Trinajstić information content (AvgIpc) is 2.12. The molecule has 0 saturated heterocycles. The number of aliphatic carboxylic acids is 1. The lowest BCUT2D eigenvalue weighted by molar-refractivity contribution is -0.140. The first-order chi connectivity index (χ1) is 8.43. The van der Waals surface area contributed by atoms with Gasteiger partial charge in [0.2, 0.25) is 5.91 Å². The van der Waals surface area contributed by atoms with Crippen LogP contribution < -0.4 is 5.32 Å². The van der Waals surface area contributed by atoms with Crippen molar-refractivity contribution in [2.45, 2.75) is 32.0 Å². The fourth-order valence-electron chi connectivity index (χ4n) is 1.25. The van der Waals surface area contributed by atoms with E-state index in [-0.39, 0.29) is 0 Å². The summed E-state index contributed by atoms with van der Waals surface area (Å²) < 4.78 is 58.4. The smallest absolute Gasteiger partial charge is 0.389 e. The minimum Gasteiger partial charge on any atom is -0.480 e. The molecule has 0 aliphatic heterocycles. The molecule has 1 amide bonds. The molecule has 0 aliphatic rings. The molecule has 2 N–H and O–H groups in total. The topological polar surface area (TPSA) is 101 Å². The lowest BCUT2D eigenvalue weighted by atomic mass is 10.3. The number of nitrogens with one attached hydrogen (secondary N) is 1. The van der Waals surface area contributed by atoms with Crippen molar-refractivity contribution in [3.05, 3.63) is 0 Å². The van der Waals surface area contributed by atoms with Gasteiger partial charge in [0.15, 0.2) is 9.84 Å². The van der Waals surface area contributed by atoms with Crippen molar-refractivity contribution < 1.29 is 36.3 Å². The molecule has 10 heteroatoms. The second kappa shape index (κ2) is 6.73. The number of amides is 1. The van der Waals surface area contributed by atoms with E-state index in [0.29, 0.717) is 0 Å². The van der Waals surface area contributed by atoms with Gasteiger partial charge in [-0.25, -0.2) is 13.2 Å². The summed E-state index contributed by atoms with van der Waals surface area (Å²) in [6.45, 7) is 1.01. The monoisotopic (exact) mass is 305 g/mol. The minimum atomic E-state index is -4.46. The van der Waals surface area contributed by atoms with E-state index < -0.39 is 58.3 Å². The highest BCUT2D eigenvalue weighted by molar-refractivity contribution is 7.91. The van der Waals surface area contributed by atoms with Crippen LogP contribution in [0.2, 0.25) is 0 Å².